The Bertz CT molecular complexity index is 856. The molecule has 2 aromatic rings. The topological polar surface area (TPSA) is 79.0 Å². The molecule has 0 amide bonds. The molecule has 1 aliphatic rings. The van der Waals surface area contributed by atoms with Crippen molar-refractivity contribution in [2.75, 3.05) is 5.01 Å². The fourth-order valence-corrected chi connectivity index (χ4v) is 2.97. The van der Waals surface area contributed by atoms with Crippen LogP contribution in [0.4, 0.5) is 11.4 Å². The lowest BCUT2D eigenvalue weighted by Gasteiger charge is -2.26. The molecule has 8 heteroatoms. The number of aldehydes is 1. The largest absolute Gasteiger partial charge is 0.329 e. The van der Waals surface area contributed by atoms with E-state index in [1.165, 1.54) is 6.07 Å². The number of benzene rings is 2. The molecule has 1 heterocycles. The van der Waals surface area contributed by atoms with Crippen LogP contribution in [-0.4, -0.2) is 28.6 Å². The molecule has 128 valence electrons. The molecule has 0 aromatic heterocycles. The zero-order chi connectivity index (χ0) is 18.0. The molecule has 1 aliphatic heterocycles. The zero-order valence-electron chi connectivity index (χ0n) is 13.4. The van der Waals surface area contributed by atoms with Crippen LogP contribution in [0.25, 0.3) is 0 Å². The Labute approximate surface area is 149 Å². The quantitative estimate of drug-likeness (QED) is 0.465. The van der Waals surface area contributed by atoms with Gasteiger partial charge >= 0.3 is 0 Å². The van der Waals surface area contributed by atoms with Crippen molar-refractivity contribution in [3.8, 4) is 0 Å². The highest BCUT2D eigenvalue weighted by molar-refractivity contribution is 6.33. The van der Waals surface area contributed by atoms with Gasteiger partial charge in [0.1, 0.15) is 6.34 Å². The van der Waals surface area contributed by atoms with Crippen molar-refractivity contribution >= 4 is 35.6 Å². The van der Waals surface area contributed by atoms with Gasteiger partial charge in [0, 0.05) is 18.2 Å². The van der Waals surface area contributed by atoms with Gasteiger partial charge in [-0.3, -0.25) is 14.9 Å². The summed E-state index contributed by atoms with van der Waals surface area (Å²) in [5, 5.41) is 17.2. The Morgan fingerprint density at radius 2 is 2.08 bits per heavy atom. The second-order valence-electron chi connectivity index (χ2n) is 5.63. The summed E-state index contributed by atoms with van der Waals surface area (Å²) in [6, 6.07) is 12.0. The van der Waals surface area contributed by atoms with Crippen LogP contribution in [0.2, 0.25) is 5.02 Å². The summed E-state index contributed by atoms with van der Waals surface area (Å²) in [6.45, 7) is 2.08. The molecule has 1 unspecified atom stereocenters. The average Bonchev–Trinajstić information content (AvgIpc) is 2.97. The number of para-hydroxylation sites is 1. The molecule has 1 atom stereocenters. The summed E-state index contributed by atoms with van der Waals surface area (Å²) in [6.07, 6.45) is 1.73. The van der Waals surface area contributed by atoms with Gasteiger partial charge in [0.15, 0.2) is 12.5 Å². The summed E-state index contributed by atoms with van der Waals surface area (Å²) in [4.78, 5) is 23.9. The number of aryl methyl sites for hydroxylation is 1. The molecule has 7 nitrogen and oxygen atoms in total. The van der Waals surface area contributed by atoms with Gasteiger partial charge < -0.3 is 4.90 Å². The Morgan fingerprint density at radius 3 is 2.72 bits per heavy atom. The fourth-order valence-electron chi connectivity index (χ4n) is 2.74. The number of carbonyl (C=O) groups excluding carboxylic acids is 1. The number of nitrogens with zero attached hydrogens (tertiary/aromatic N) is 4. The first-order valence-electron chi connectivity index (χ1n) is 7.54. The SMILES string of the molecule is Cc1cc(CN2C=NN(c3ccccc3Cl)C2C=O)ccc1[N+](=O)[O-]. The maximum atomic E-state index is 11.6. The van der Waals surface area contributed by atoms with Crippen LogP contribution in [-0.2, 0) is 11.3 Å². The van der Waals surface area contributed by atoms with Crippen LogP contribution >= 0.6 is 11.6 Å². The minimum atomic E-state index is -0.629. The molecule has 0 spiro atoms. The monoisotopic (exact) mass is 358 g/mol. The van der Waals surface area contributed by atoms with E-state index in [0.717, 1.165) is 11.8 Å². The first-order chi connectivity index (χ1) is 12.0. The second kappa shape index (κ2) is 6.90. The number of halogens is 1. The van der Waals surface area contributed by atoms with E-state index in [4.69, 9.17) is 11.6 Å². The van der Waals surface area contributed by atoms with E-state index in [2.05, 4.69) is 5.10 Å². The third-order valence-electron chi connectivity index (χ3n) is 3.96. The van der Waals surface area contributed by atoms with Gasteiger partial charge in [-0.2, -0.15) is 5.10 Å². The van der Waals surface area contributed by atoms with E-state index in [-0.39, 0.29) is 5.69 Å². The van der Waals surface area contributed by atoms with E-state index in [1.54, 1.807) is 53.5 Å². The Kier molecular flexibility index (Phi) is 4.67. The van der Waals surface area contributed by atoms with Crippen molar-refractivity contribution in [2.24, 2.45) is 5.10 Å². The number of nitro benzene ring substituents is 1. The predicted molar refractivity (Wildman–Crippen MR) is 95.7 cm³/mol. The van der Waals surface area contributed by atoms with Gasteiger partial charge in [-0.15, -0.1) is 0 Å². The van der Waals surface area contributed by atoms with Crippen LogP contribution in [0.1, 0.15) is 11.1 Å². The number of rotatable bonds is 5. The predicted octanol–water partition coefficient (Wildman–Crippen LogP) is 3.35. The molecule has 0 aliphatic carbocycles. The molecule has 3 rings (SSSR count). The highest BCUT2D eigenvalue weighted by atomic mass is 35.5. The van der Waals surface area contributed by atoms with Crippen LogP contribution in [0.5, 0.6) is 0 Å². The molecule has 0 fully saturated rings. The number of hydrogen-bond donors (Lipinski definition) is 0. The first-order valence-corrected chi connectivity index (χ1v) is 7.92. The molecular formula is C17H15ClN4O3. The van der Waals surface area contributed by atoms with Crippen molar-refractivity contribution in [3.63, 3.8) is 0 Å². The Hall–Kier alpha value is -2.93. The number of anilines is 1. The summed E-state index contributed by atoms with van der Waals surface area (Å²) in [7, 11) is 0. The van der Waals surface area contributed by atoms with Crippen LogP contribution < -0.4 is 5.01 Å². The van der Waals surface area contributed by atoms with E-state index in [0.29, 0.717) is 22.8 Å². The lowest BCUT2D eigenvalue weighted by atomic mass is 10.1. The standard InChI is InChI=1S/C17H15ClN4O3/c1-12-8-13(6-7-15(12)22(24)25)9-20-11-19-21(17(20)10-23)16-5-3-2-4-14(16)18/h2-8,10-11,17H,9H2,1H3. The van der Waals surface area contributed by atoms with Gasteiger partial charge in [0.25, 0.3) is 5.69 Å². The molecule has 0 radical (unpaired) electrons. The van der Waals surface area contributed by atoms with E-state index >= 15 is 0 Å². The van der Waals surface area contributed by atoms with Gasteiger partial charge in [0.2, 0.25) is 0 Å². The average molecular weight is 359 g/mol. The smallest absolute Gasteiger partial charge is 0.272 e. The number of hydrogen-bond acceptors (Lipinski definition) is 6. The third-order valence-corrected chi connectivity index (χ3v) is 4.28. The van der Waals surface area contributed by atoms with Crippen molar-refractivity contribution in [3.05, 3.63) is 68.7 Å². The molecular weight excluding hydrogens is 344 g/mol. The lowest BCUT2D eigenvalue weighted by molar-refractivity contribution is -0.385. The zero-order valence-corrected chi connectivity index (χ0v) is 14.1. The van der Waals surface area contributed by atoms with E-state index in [1.807, 2.05) is 6.07 Å². The molecule has 0 N–H and O–H groups in total. The summed E-state index contributed by atoms with van der Waals surface area (Å²) < 4.78 is 0. The lowest BCUT2D eigenvalue weighted by Crippen LogP contribution is -2.40. The van der Waals surface area contributed by atoms with Crippen LogP contribution in [0, 0.1) is 17.0 Å². The van der Waals surface area contributed by atoms with Gasteiger partial charge in [-0.25, -0.2) is 5.01 Å². The molecule has 0 bridgehead atoms. The summed E-state index contributed by atoms with van der Waals surface area (Å²) in [5.41, 5.74) is 2.13. The maximum absolute atomic E-state index is 11.6. The van der Waals surface area contributed by atoms with Crippen LogP contribution in [0.3, 0.4) is 0 Å². The fraction of sp³-hybridized carbons (Fsp3) is 0.176. The Morgan fingerprint density at radius 1 is 1.32 bits per heavy atom. The number of nitro groups is 1. The second-order valence-corrected chi connectivity index (χ2v) is 6.03. The maximum Gasteiger partial charge on any atom is 0.272 e. The normalized spacial score (nSPS) is 16.3. The Balaban J connectivity index is 1.81. The number of carbonyl (C=O) groups is 1. The highest BCUT2D eigenvalue weighted by Gasteiger charge is 2.30. The van der Waals surface area contributed by atoms with Crippen molar-refractivity contribution in [2.45, 2.75) is 19.6 Å². The van der Waals surface area contributed by atoms with E-state index < -0.39 is 11.1 Å². The molecule has 0 saturated heterocycles. The summed E-state index contributed by atoms with van der Waals surface area (Å²) in [5.74, 6) is 0. The van der Waals surface area contributed by atoms with Crippen LogP contribution in [0.15, 0.2) is 47.6 Å². The first kappa shape index (κ1) is 16.9. The molecule has 2 aromatic carbocycles. The van der Waals surface area contributed by atoms with Gasteiger partial charge in [-0.1, -0.05) is 29.8 Å². The van der Waals surface area contributed by atoms with Gasteiger partial charge in [-0.05, 0) is 30.7 Å². The van der Waals surface area contributed by atoms with Crippen molar-refractivity contribution in [1.82, 2.24) is 4.90 Å². The third kappa shape index (κ3) is 3.32. The minimum absolute atomic E-state index is 0.0727. The van der Waals surface area contributed by atoms with E-state index in [9.17, 15) is 14.9 Å². The minimum Gasteiger partial charge on any atom is -0.329 e. The highest BCUT2D eigenvalue weighted by Crippen LogP contribution is 2.30. The molecule has 25 heavy (non-hydrogen) atoms. The van der Waals surface area contributed by atoms with Gasteiger partial charge in [0.05, 0.1) is 15.6 Å². The summed E-state index contributed by atoms with van der Waals surface area (Å²) >= 11 is 6.19. The number of hydrazone groups is 1. The van der Waals surface area contributed by atoms with Crippen molar-refractivity contribution < 1.29 is 9.72 Å². The van der Waals surface area contributed by atoms with Crippen molar-refractivity contribution in [1.29, 1.82) is 0 Å². The molecule has 0 saturated carbocycles.